The second-order valence-electron chi connectivity index (χ2n) is 0.901. The highest BCUT2D eigenvalue weighted by atomic mass is 35.5. The number of rotatable bonds is 2. The molecule has 0 fully saturated rings. The van der Waals surface area contributed by atoms with Crippen LogP contribution in [0.15, 0.2) is 0 Å². The summed E-state index contributed by atoms with van der Waals surface area (Å²) in [5.74, 6) is -0.789. The van der Waals surface area contributed by atoms with Crippen LogP contribution >= 0.6 is 23.2 Å². The molecule has 0 amide bonds. The Bertz CT molecular complexity index is 73.3. The molecule has 0 aliphatic carbocycles. The van der Waals surface area contributed by atoms with Crippen molar-refractivity contribution in [3.63, 3.8) is 0 Å². The van der Waals surface area contributed by atoms with Gasteiger partial charge in [0.25, 0.3) is 0 Å². The van der Waals surface area contributed by atoms with E-state index in [1.807, 2.05) is 0 Å². The SMILES string of the molecule is O=C(CF)C(Cl)Cl. The van der Waals surface area contributed by atoms with Gasteiger partial charge in [-0.1, -0.05) is 23.2 Å². The Hall–Kier alpha value is 0.180. The molecule has 4 heteroatoms. The van der Waals surface area contributed by atoms with Crippen molar-refractivity contribution in [2.75, 3.05) is 6.67 Å². The number of carbonyl (C=O) groups excluding carboxylic acids is 1. The lowest BCUT2D eigenvalue weighted by Crippen LogP contribution is -2.08. The summed E-state index contributed by atoms with van der Waals surface area (Å²) in [5.41, 5.74) is 0. The van der Waals surface area contributed by atoms with Crippen LogP contribution in [-0.4, -0.2) is 17.3 Å². The Balaban J connectivity index is 3.35. The van der Waals surface area contributed by atoms with E-state index in [-0.39, 0.29) is 0 Å². The molecule has 0 aliphatic rings. The van der Waals surface area contributed by atoms with Gasteiger partial charge in [0, 0.05) is 0 Å². The normalized spacial score (nSPS) is 9.71. The molecule has 7 heavy (non-hydrogen) atoms. The van der Waals surface area contributed by atoms with Gasteiger partial charge in [-0.2, -0.15) is 0 Å². The van der Waals surface area contributed by atoms with E-state index in [9.17, 15) is 9.18 Å². The summed E-state index contributed by atoms with van der Waals surface area (Å²) in [5, 5.41) is 0. The lowest BCUT2D eigenvalue weighted by molar-refractivity contribution is -0.118. The highest BCUT2D eigenvalue weighted by Gasteiger charge is 2.08. The van der Waals surface area contributed by atoms with Crippen LogP contribution in [-0.2, 0) is 4.79 Å². The fraction of sp³-hybridized carbons (Fsp3) is 0.667. The van der Waals surface area contributed by atoms with Crippen molar-refractivity contribution in [1.29, 1.82) is 0 Å². The quantitative estimate of drug-likeness (QED) is 0.535. The molecule has 0 bridgehead atoms. The summed E-state index contributed by atoms with van der Waals surface area (Å²) in [7, 11) is 0. The summed E-state index contributed by atoms with van der Waals surface area (Å²) < 4.78 is 11.1. The van der Waals surface area contributed by atoms with E-state index in [0.717, 1.165) is 0 Å². The van der Waals surface area contributed by atoms with Crippen molar-refractivity contribution >= 4 is 29.0 Å². The van der Waals surface area contributed by atoms with Crippen LogP contribution in [0.1, 0.15) is 0 Å². The molecule has 0 atom stereocenters. The molecule has 0 rings (SSSR count). The average molecular weight is 145 g/mol. The number of carbonyl (C=O) groups is 1. The topological polar surface area (TPSA) is 17.1 Å². The molecule has 0 aromatic carbocycles. The molecular weight excluding hydrogens is 142 g/mol. The van der Waals surface area contributed by atoms with E-state index >= 15 is 0 Å². The van der Waals surface area contributed by atoms with Crippen LogP contribution in [0, 0.1) is 0 Å². The molecule has 0 saturated heterocycles. The molecule has 0 aromatic heterocycles. The smallest absolute Gasteiger partial charge is 0.196 e. The summed E-state index contributed by atoms with van der Waals surface area (Å²) >= 11 is 9.81. The third kappa shape index (κ3) is 2.83. The van der Waals surface area contributed by atoms with Crippen molar-refractivity contribution < 1.29 is 9.18 Å². The molecule has 0 spiro atoms. The Labute approximate surface area is 50.4 Å². The molecule has 0 aliphatic heterocycles. The standard InChI is InChI=1S/C3H3Cl2FO/c4-3(5)2(7)1-6/h3H,1H2. The van der Waals surface area contributed by atoms with E-state index in [1.54, 1.807) is 0 Å². The molecule has 0 heterocycles. The maximum atomic E-state index is 11.1. The minimum atomic E-state index is -1.20. The maximum absolute atomic E-state index is 11.1. The Morgan fingerprint density at radius 1 is 1.71 bits per heavy atom. The van der Waals surface area contributed by atoms with Crippen molar-refractivity contribution in [2.45, 2.75) is 4.84 Å². The highest BCUT2D eigenvalue weighted by molar-refractivity contribution is 6.53. The molecular formula is C3H3Cl2FO. The first-order valence-corrected chi connectivity index (χ1v) is 2.42. The Kier molecular flexibility index (Phi) is 3.30. The van der Waals surface area contributed by atoms with Gasteiger partial charge in [-0.25, -0.2) is 4.39 Å². The Morgan fingerprint density at radius 2 is 2.14 bits per heavy atom. The average Bonchev–Trinajstić information content (AvgIpc) is 1.65. The number of hydrogen-bond acceptors (Lipinski definition) is 1. The molecule has 1 nitrogen and oxygen atoms in total. The zero-order chi connectivity index (χ0) is 5.86. The molecule has 0 radical (unpaired) electrons. The number of halogens is 3. The summed E-state index contributed by atoms with van der Waals surface area (Å²) in [6, 6.07) is 0. The largest absolute Gasteiger partial charge is 0.294 e. The molecule has 0 aromatic rings. The summed E-state index contributed by atoms with van der Waals surface area (Å²) in [4.78, 5) is 8.67. The fourth-order valence-corrected chi connectivity index (χ4v) is 0.175. The van der Waals surface area contributed by atoms with Gasteiger partial charge in [0.15, 0.2) is 17.3 Å². The predicted molar refractivity (Wildman–Crippen MR) is 26.5 cm³/mol. The van der Waals surface area contributed by atoms with Crippen LogP contribution in [0.5, 0.6) is 0 Å². The monoisotopic (exact) mass is 144 g/mol. The van der Waals surface area contributed by atoms with Gasteiger partial charge in [-0.3, -0.25) is 4.79 Å². The van der Waals surface area contributed by atoms with Crippen molar-refractivity contribution in [1.82, 2.24) is 0 Å². The van der Waals surface area contributed by atoms with Gasteiger partial charge >= 0.3 is 0 Å². The van der Waals surface area contributed by atoms with Gasteiger partial charge in [-0.15, -0.1) is 0 Å². The van der Waals surface area contributed by atoms with Crippen LogP contribution in [0.3, 0.4) is 0 Å². The highest BCUT2D eigenvalue weighted by Crippen LogP contribution is 2.01. The van der Waals surface area contributed by atoms with Crippen LogP contribution in [0.25, 0.3) is 0 Å². The first-order chi connectivity index (χ1) is 3.18. The number of hydrogen-bond donors (Lipinski definition) is 0. The molecule has 0 N–H and O–H groups in total. The number of ketones is 1. The lowest BCUT2D eigenvalue weighted by Gasteiger charge is -1.88. The third-order valence-electron chi connectivity index (χ3n) is 0.375. The number of alkyl halides is 3. The second kappa shape index (κ2) is 3.22. The van der Waals surface area contributed by atoms with Crippen LogP contribution in [0.2, 0.25) is 0 Å². The molecule has 0 unspecified atom stereocenters. The van der Waals surface area contributed by atoms with E-state index in [4.69, 9.17) is 23.2 Å². The zero-order valence-corrected chi connectivity index (χ0v) is 4.84. The maximum Gasteiger partial charge on any atom is 0.196 e. The molecule has 0 saturated carbocycles. The van der Waals surface area contributed by atoms with Gasteiger partial charge < -0.3 is 0 Å². The van der Waals surface area contributed by atoms with Crippen molar-refractivity contribution in [3.8, 4) is 0 Å². The van der Waals surface area contributed by atoms with Gasteiger partial charge in [0.1, 0.15) is 0 Å². The van der Waals surface area contributed by atoms with Crippen LogP contribution in [0.4, 0.5) is 4.39 Å². The predicted octanol–water partition coefficient (Wildman–Crippen LogP) is 1.33. The second-order valence-corrected chi connectivity index (χ2v) is 2.00. The van der Waals surface area contributed by atoms with Crippen molar-refractivity contribution in [2.24, 2.45) is 0 Å². The van der Waals surface area contributed by atoms with E-state index in [1.165, 1.54) is 0 Å². The zero-order valence-electron chi connectivity index (χ0n) is 3.33. The van der Waals surface area contributed by atoms with E-state index < -0.39 is 17.3 Å². The fourth-order valence-electron chi connectivity index (χ4n) is 0.0583. The lowest BCUT2D eigenvalue weighted by atomic mass is 10.5. The van der Waals surface area contributed by atoms with Crippen molar-refractivity contribution in [3.05, 3.63) is 0 Å². The van der Waals surface area contributed by atoms with Crippen LogP contribution < -0.4 is 0 Å². The minimum absolute atomic E-state index is 0.789. The Morgan fingerprint density at radius 3 is 2.14 bits per heavy atom. The van der Waals surface area contributed by atoms with E-state index in [0.29, 0.717) is 0 Å². The third-order valence-corrected chi connectivity index (χ3v) is 0.862. The minimum Gasteiger partial charge on any atom is -0.294 e. The van der Waals surface area contributed by atoms with E-state index in [2.05, 4.69) is 0 Å². The number of Topliss-reactive ketones (excluding diaryl/α,β-unsaturated/α-hetero) is 1. The first-order valence-electron chi connectivity index (χ1n) is 1.55. The molecule has 42 valence electrons. The summed E-state index contributed by atoms with van der Waals surface area (Å²) in [6.45, 7) is -1.09. The first kappa shape index (κ1) is 7.18. The summed E-state index contributed by atoms with van der Waals surface area (Å²) in [6.07, 6.45) is 0. The van der Waals surface area contributed by atoms with Gasteiger partial charge in [-0.05, 0) is 0 Å². The van der Waals surface area contributed by atoms with Gasteiger partial charge in [0.05, 0.1) is 0 Å². The van der Waals surface area contributed by atoms with Gasteiger partial charge in [0.2, 0.25) is 0 Å².